The van der Waals surface area contributed by atoms with Crippen LogP contribution in [0.1, 0.15) is 17.4 Å². The second kappa shape index (κ2) is 5.84. The molecule has 3 aromatic rings. The minimum atomic E-state index is -0.806. The van der Waals surface area contributed by atoms with Crippen LogP contribution in [0.4, 0.5) is 0 Å². The zero-order valence-electron chi connectivity index (χ0n) is 11.5. The van der Waals surface area contributed by atoms with Gasteiger partial charge in [-0.05, 0) is 45.8 Å². The Hall–Kier alpha value is -1.91. The van der Waals surface area contributed by atoms with E-state index in [1.54, 1.807) is 7.11 Å². The molecule has 0 aliphatic carbocycles. The molecule has 106 valence electrons. The van der Waals surface area contributed by atoms with E-state index in [2.05, 4.69) is 20.9 Å². The van der Waals surface area contributed by atoms with Crippen molar-refractivity contribution in [1.82, 2.24) is 4.98 Å². The lowest BCUT2D eigenvalue weighted by molar-refractivity contribution is 0.214. The Morgan fingerprint density at radius 1 is 1.10 bits per heavy atom. The first kappa shape index (κ1) is 14.0. The van der Waals surface area contributed by atoms with Crippen LogP contribution in [0.25, 0.3) is 10.9 Å². The molecule has 4 heteroatoms. The lowest BCUT2D eigenvalue weighted by atomic mass is 10.0. The number of hydrogen-bond acceptors (Lipinski definition) is 3. The van der Waals surface area contributed by atoms with Gasteiger partial charge in [0.1, 0.15) is 11.9 Å². The number of pyridine rings is 1. The number of nitrogens with zero attached hydrogens (tertiary/aromatic N) is 1. The number of rotatable bonds is 3. The zero-order valence-corrected chi connectivity index (χ0v) is 13.0. The fraction of sp³-hybridized carbons (Fsp3) is 0.118. The minimum Gasteiger partial charge on any atom is -0.497 e. The van der Waals surface area contributed by atoms with E-state index < -0.39 is 6.10 Å². The van der Waals surface area contributed by atoms with E-state index in [-0.39, 0.29) is 0 Å². The molecule has 0 aliphatic rings. The molecule has 0 aliphatic heterocycles. The van der Waals surface area contributed by atoms with Gasteiger partial charge in [-0.25, -0.2) is 4.98 Å². The van der Waals surface area contributed by atoms with Crippen LogP contribution < -0.4 is 4.74 Å². The van der Waals surface area contributed by atoms with E-state index in [4.69, 9.17) is 4.74 Å². The number of fused-ring (bicyclic) bond motifs is 1. The summed E-state index contributed by atoms with van der Waals surface area (Å²) < 4.78 is 5.99. The van der Waals surface area contributed by atoms with E-state index in [1.807, 2.05) is 54.6 Å². The summed E-state index contributed by atoms with van der Waals surface area (Å²) in [5.41, 5.74) is 2.21. The molecule has 3 rings (SSSR count). The van der Waals surface area contributed by atoms with Crippen molar-refractivity contribution >= 4 is 26.8 Å². The van der Waals surface area contributed by atoms with Crippen molar-refractivity contribution in [3.8, 4) is 5.75 Å². The predicted octanol–water partition coefficient (Wildman–Crippen LogP) is 4.09. The predicted molar refractivity (Wildman–Crippen MR) is 86.5 cm³/mol. The van der Waals surface area contributed by atoms with Crippen LogP contribution in [0, 0.1) is 0 Å². The molecule has 0 saturated heterocycles. The maximum Gasteiger partial charge on any atom is 0.122 e. The Kier molecular flexibility index (Phi) is 3.90. The fourth-order valence-corrected chi connectivity index (χ4v) is 2.82. The van der Waals surface area contributed by atoms with E-state index in [9.17, 15) is 5.11 Å². The highest BCUT2D eigenvalue weighted by Gasteiger charge is 2.17. The number of methoxy groups -OCH3 is 1. The first-order chi connectivity index (χ1) is 10.2. The number of aromatic nitrogens is 1. The summed E-state index contributed by atoms with van der Waals surface area (Å²) in [7, 11) is 1.61. The molecule has 0 bridgehead atoms. The van der Waals surface area contributed by atoms with Crippen molar-refractivity contribution in [3.05, 3.63) is 70.3 Å². The Morgan fingerprint density at radius 2 is 1.90 bits per heavy atom. The van der Waals surface area contributed by atoms with Gasteiger partial charge in [-0.15, -0.1) is 0 Å². The Balaban J connectivity index is 2.08. The Morgan fingerprint density at radius 3 is 2.71 bits per heavy atom. The van der Waals surface area contributed by atoms with E-state index in [0.717, 1.165) is 20.9 Å². The highest BCUT2D eigenvalue weighted by atomic mass is 79.9. The lowest BCUT2D eigenvalue weighted by Crippen LogP contribution is -2.04. The monoisotopic (exact) mass is 343 g/mol. The second-order valence-electron chi connectivity index (χ2n) is 4.73. The topological polar surface area (TPSA) is 42.4 Å². The van der Waals surface area contributed by atoms with Gasteiger partial charge in [0.15, 0.2) is 0 Å². The fourth-order valence-electron chi connectivity index (χ4n) is 2.27. The third-order valence-electron chi connectivity index (χ3n) is 3.37. The molecule has 1 atom stereocenters. The molecule has 0 saturated carbocycles. The van der Waals surface area contributed by atoms with Crippen LogP contribution in [0.3, 0.4) is 0 Å². The molecule has 1 heterocycles. The van der Waals surface area contributed by atoms with Gasteiger partial charge in [-0.2, -0.15) is 0 Å². The molecule has 3 nitrogen and oxygen atoms in total. The van der Waals surface area contributed by atoms with Crippen molar-refractivity contribution in [2.24, 2.45) is 0 Å². The lowest BCUT2D eigenvalue weighted by Gasteiger charge is -2.14. The normalized spacial score (nSPS) is 12.3. The average molecular weight is 344 g/mol. The summed E-state index contributed by atoms with van der Waals surface area (Å²) >= 11 is 3.50. The summed E-state index contributed by atoms with van der Waals surface area (Å²) in [5, 5.41) is 11.6. The minimum absolute atomic E-state index is 0.599. The number of aliphatic hydroxyl groups is 1. The average Bonchev–Trinajstić information content (AvgIpc) is 2.53. The van der Waals surface area contributed by atoms with Crippen LogP contribution in [0.5, 0.6) is 5.75 Å². The van der Waals surface area contributed by atoms with Gasteiger partial charge in [-0.1, -0.05) is 30.3 Å². The van der Waals surface area contributed by atoms with E-state index in [1.165, 1.54) is 0 Å². The van der Waals surface area contributed by atoms with Crippen molar-refractivity contribution in [2.75, 3.05) is 7.11 Å². The molecule has 1 unspecified atom stereocenters. The van der Waals surface area contributed by atoms with Gasteiger partial charge in [0, 0.05) is 9.86 Å². The van der Waals surface area contributed by atoms with Gasteiger partial charge in [0.2, 0.25) is 0 Å². The molecule has 2 aromatic carbocycles. The molecule has 0 fully saturated rings. The van der Waals surface area contributed by atoms with E-state index >= 15 is 0 Å². The third-order valence-corrected chi connectivity index (χ3v) is 4.01. The van der Waals surface area contributed by atoms with Gasteiger partial charge >= 0.3 is 0 Å². The van der Waals surface area contributed by atoms with E-state index in [0.29, 0.717) is 11.4 Å². The van der Waals surface area contributed by atoms with Crippen LogP contribution in [-0.2, 0) is 0 Å². The maximum atomic E-state index is 10.6. The molecule has 0 radical (unpaired) electrons. The number of halogens is 1. The summed E-state index contributed by atoms with van der Waals surface area (Å²) in [5.74, 6) is 0.712. The van der Waals surface area contributed by atoms with Gasteiger partial charge in [-0.3, -0.25) is 0 Å². The van der Waals surface area contributed by atoms with Crippen molar-refractivity contribution < 1.29 is 9.84 Å². The Labute approximate surface area is 131 Å². The summed E-state index contributed by atoms with van der Waals surface area (Å²) in [6, 6.07) is 17.2. The summed E-state index contributed by atoms with van der Waals surface area (Å²) in [6.07, 6.45) is -0.806. The SMILES string of the molecule is COc1cccc(C(O)c2nc3ccccc3cc2Br)c1. The molecular weight excluding hydrogens is 330 g/mol. The van der Waals surface area contributed by atoms with Gasteiger partial charge < -0.3 is 9.84 Å². The first-order valence-corrected chi connectivity index (χ1v) is 7.35. The van der Waals surface area contributed by atoms with Crippen LogP contribution >= 0.6 is 15.9 Å². The highest BCUT2D eigenvalue weighted by Crippen LogP contribution is 2.31. The molecule has 0 spiro atoms. The van der Waals surface area contributed by atoms with Gasteiger partial charge in [0.25, 0.3) is 0 Å². The van der Waals surface area contributed by atoms with Crippen LogP contribution in [-0.4, -0.2) is 17.2 Å². The van der Waals surface area contributed by atoms with Crippen molar-refractivity contribution in [2.45, 2.75) is 6.10 Å². The molecule has 0 amide bonds. The number of benzene rings is 2. The van der Waals surface area contributed by atoms with Crippen LogP contribution in [0.15, 0.2) is 59.1 Å². The standard InChI is InChI=1S/C17H14BrNO2/c1-21-13-7-4-6-12(9-13)17(20)16-14(18)10-11-5-2-3-8-15(11)19-16/h2-10,17,20H,1H3. The Bertz CT molecular complexity index is 789. The largest absolute Gasteiger partial charge is 0.497 e. The zero-order chi connectivity index (χ0) is 14.8. The maximum absolute atomic E-state index is 10.6. The number of aliphatic hydroxyl groups excluding tert-OH is 1. The molecule has 1 aromatic heterocycles. The molecule has 21 heavy (non-hydrogen) atoms. The summed E-state index contributed by atoms with van der Waals surface area (Å²) in [4.78, 5) is 4.57. The highest BCUT2D eigenvalue weighted by molar-refractivity contribution is 9.10. The molecular formula is C17H14BrNO2. The number of hydrogen-bond donors (Lipinski definition) is 1. The number of ether oxygens (including phenoxy) is 1. The summed E-state index contributed by atoms with van der Waals surface area (Å²) in [6.45, 7) is 0. The van der Waals surface area contributed by atoms with Gasteiger partial charge in [0.05, 0.1) is 18.3 Å². The first-order valence-electron chi connectivity index (χ1n) is 6.56. The smallest absolute Gasteiger partial charge is 0.122 e. The van der Waals surface area contributed by atoms with Crippen molar-refractivity contribution in [3.63, 3.8) is 0 Å². The van der Waals surface area contributed by atoms with Crippen LogP contribution in [0.2, 0.25) is 0 Å². The molecule has 1 N–H and O–H groups in total. The van der Waals surface area contributed by atoms with Crippen molar-refractivity contribution in [1.29, 1.82) is 0 Å². The number of para-hydroxylation sites is 1. The quantitative estimate of drug-likeness (QED) is 0.778. The third kappa shape index (κ3) is 2.77. The second-order valence-corrected chi connectivity index (χ2v) is 5.58.